The van der Waals surface area contributed by atoms with Crippen molar-refractivity contribution in [2.24, 2.45) is 0 Å². The number of aromatic amines is 1. The van der Waals surface area contributed by atoms with Crippen LogP contribution in [-0.2, 0) is 0 Å². The van der Waals surface area contributed by atoms with Crippen molar-refractivity contribution in [2.45, 2.75) is 0 Å². The zero-order valence-corrected chi connectivity index (χ0v) is 16.2. The van der Waals surface area contributed by atoms with Crippen molar-refractivity contribution >= 4 is 17.1 Å². The van der Waals surface area contributed by atoms with E-state index in [1.807, 2.05) is 60.0 Å². The standard InChI is InChI=1S/C22H18N2O3S/c1-26-16-9-5-14(6-10-16)19-20(15-7-11-17(27-2)12-8-15)24-22(23-19)21(25)18-4-3-13-28-18/h3-13H,1-2H3,(H,23,24). The van der Waals surface area contributed by atoms with Gasteiger partial charge in [-0.2, -0.15) is 0 Å². The largest absolute Gasteiger partial charge is 0.497 e. The van der Waals surface area contributed by atoms with Crippen LogP contribution in [0.1, 0.15) is 15.5 Å². The molecule has 28 heavy (non-hydrogen) atoms. The molecule has 140 valence electrons. The van der Waals surface area contributed by atoms with Crippen LogP contribution in [0.5, 0.6) is 11.5 Å². The first kappa shape index (κ1) is 18.0. The van der Waals surface area contributed by atoms with E-state index in [9.17, 15) is 4.79 Å². The Morgan fingerprint density at radius 3 is 2.04 bits per heavy atom. The Morgan fingerprint density at radius 1 is 0.893 bits per heavy atom. The summed E-state index contributed by atoms with van der Waals surface area (Å²) in [7, 11) is 3.26. The molecule has 0 unspecified atom stereocenters. The number of imidazole rings is 1. The molecule has 4 aromatic rings. The third-order valence-electron chi connectivity index (χ3n) is 4.41. The van der Waals surface area contributed by atoms with Crippen molar-refractivity contribution in [2.75, 3.05) is 14.2 Å². The molecule has 0 saturated heterocycles. The second-order valence-corrected chi connectivity index (χ2v) is 7.02. The zero-order valence-electron chi connectivity index (χ0n) is 15.4. The van der Waals surface area contributed by atoms with Gasteiger partial charge in [-0.15, -0.1) is 11.3 Å². The number of aromatic nitrogens is 2. The molecule has 0 aliphatic rings. The highest BCUT2D eigenvalue weighted by molar-refractivity contribution is 7.12. The number of nitrogens with zero attached hydrogens (tertiary/aromatic N) is 1. The van der Waals surface area contributed by atoms with Crippen molar-refractivity contribution in [1.82, 2.24) is 9.97 Å². The van der Waals surface area contributed by atoms with Crippen LogP contribution in [0.25, 0.3) is 22.5 Å². The number of H-pyrrole nitrogens is 1. The summed E-state index contributed by atoms with van der Waals surface area (Å²) < 4.78 is 10.5. The molecule has 0 fully saturated rings. The van der Waals surface area contributed by atoms with E-state index in [2.05, 4.69) is 9.97 Å². The van der Waals surface area contributed by atoms with Crippen LogP contribution in [-0.4, -0.2) is 30.0 Å². The van der Waals surface area contributed by atoms with E-state index in [4.69, 9.17) is 9.47 Å². The first-order valence-corrected chi connectivity index (χ1v) is 9.54. The van der Waals surface area contributed by atoms with Gasteiger partial charge in [0, 0.05) is 11.1 Å². The highest BCUT2D eigenvalue weighted by atomic mass is 32.1. The number of methoxy groups -OCH3 is 2. The second kappa shape index (κ2) is 7.70. The average Bonchev–Trinajstić information content (AvgIpc) is 3.44. The summed E-state index contributed by atoms with van der Waals surface area (Å²) in [5.41, 5.74) is 3.32. The third kappa shape index (κ3) is 3.42. The molecular formula is C22H18N2O3S. The van der Waals surface area contributed by atoms with E-state index < -0.39 is 0 Å². The minimum Gasteiger partial charge on any atom is -0.497 e. The van der Waals surface area contributed by atoms with Gasteiger partial charge in [0.2, 0.25) is 5.78 Å². The van der Waals surface area contributed by atoms with E-state index in [0.717, 1.165) is 28.3 Å². The summed E-state index contributed by atoms with van der Waals surface area (Å²) in [6.45, 7) is 0. The maximum absolute atomic E-state index is 12.8. The van der Waals surface area contributed by atoms with Crippen molar-refractivity contribution in [3.05, 3.63) is 76.7 Å². The summed E-state index contributed by atoms with van der Waals surface area (Å²) >= 11 is 1.40. The molecule has 0 bridgehead atoms. The number of ketones is 1. The van der Waals surface area contributed by atoms with E-state index >= 15 is 0 Å². The first-order valence-electron chi connectivity index (χ1n) is 8.66. The predicted molar refractivity (Wildman–Crippen MR) is 110 cm³/mol. The molecule has 0 saturated carbocycles. The molecule has 2 aromatic carbocycles. The molecule has 2 aromatic heterocycles. The molecule has 0 radical (unpaired) electrons. The number of benzene rings is 2. The molecular weight excluding hydrogens is 372 g/mol. The maximum atomic E-state index is 12.8. The molecule has 0 spiro atoms. The highest BCUT2D eigenvalue weighted by Crippen LogP contribution is 2.32. The van der Waals surface area contributed by atoms with Crippen LogP contribution in [0.2, 0.25) is 0 Å². The van der Waals surface area contributed by atoms with Crippen molar-refractivity contribution in [1.29, 1.82) is 0 Å². The summed E-state index contributed by atoms with van der Waals surface area (Å²) in [5, 5.41) is 1.88. The topological polar surface area (TPSA) is 64.2 Å². The Morgan fingerprint density at radius 2 is 1.50 bits per heavy atom. The van der Waals surface area contributed by atoms with Crippen LogP contribution < -0.4 is 9.47 Å². The molecule has 5 nitrogen and oxygen atoms in total. The molecule has 6 heteroatoms. The Kier molecular flexibility index (Phi) is 4.95. The van der Waals surface area contributed by atoms with Gasteiger partial charge in [-0.1, -0.05) is 6.07 Å². The Labute approximate surface area is 166 Å². The van der Waals surface area contributed by atoms with Gasteiger partial charge in [0.05, 0.1) is 30.5 Å². The number of thiophene rings is 1. The Balaban J connectivity index is 1.82. The molecule has 0 atom stereocenters. The number of nitrogens with one attached hydrogen (secondary N) is 1. The van der Waals surface area contributed by atoms with Crippen LogP contribution in [0.15, 0.2) is 66.0 Å². The summed E-state index contributed by atoms with van der Waals surface area (Å²) in [5.74, 6) is 1.73. The lowest BCUT2D eigenvalue weighted by atomic mass is 10.0. The maximum Gasteiger partial charge on any atom is 0.238 e. The number of ether oxygens (including phenoxy) is 2. The van der Waals surface area contributed by atoms with Gasteiger partial charge in [-0.05, 0) is 60.0 Å². The number of rotatable bonds is 6. The van der Waals surface area contributed by atoms with E-state index in [0.29, 0.717) is 16.4 Å². The first-order chi connectivity index (χ1) is 13.7. The van der Waals surface area contributed by atoms with Crippen LogP contribution in [0, 0.1) is 0 Å². The van der Waals surface area contributed by atoms with E-state index in [1.165, 1.54) is 11.3 Å². The quantitative estimate of drug-likeness (QED) is 0.468. The fourth-order valence-electron chi connectivity index (χ4n) is 2.93. The molecule has 0 aliphatic heterocycles. The Bertz CT molecular complexity index is 1020. The molecule has 2 heterocycles. The van der Waals surface area contributed by atoms with Crippen LogP contribution >= 0.6 is 11.3 Å². The average molecular weight is 390 g/mol. The smallest absolute Gasteiger partial charge is 0.238 e. The summed E-state index contributed by atoms with van der Waals surface area (Å²) in [6.07, 6.45) is 0. The number of carbonyl (C=O) groups is 1. The van der Waals surface area contributed by atoms with E-state index in [-0.39, 0.29) is 5.78 Å². The van der Waals surface area contributed by atoms with Gasteiger partial charge < -0.3 is 14.5 Å². The zero-order chi connectivity index (χ0) is 19.5. The van der Waals surface area contributed by atoms with Gasteiger partial charge in [0.25, 0.3) is 0 Å². The minimum absolute atomic E-state index is 0.121. The summed E-state index contributed by atoms with van der Waals surface area (Å²) in [4.78, 5) is 21.3. The third-order valence-corrected chi connectivity index (χ3v) is 5.27. The highest BCUT2D eigenvalue weighted by Gasteiger charge is 2.20. The Hall–Kier alpha value is -3.38. The van der Waals surface area contributed by atoms with Crippen molar-refractivity contribution < 1.29 is 14.3 Å². The predicted octanol–water partition coefficient (Wildman–Crippen LogP) is 5.05. The molecule has 1 N–H and O–H groups in total. The van der Waals surface area contributed by atoms with Gasteiger partial charge in [-0.3, -0.25) is 4.79 Å². The van der Waals surface area contributed by atoms with Gasteiger partial charge in [0.15, 0.2) is 5.82 Å². The molecule has 0 amide bonds. The SMILES string of the molecule is COc1ccc(-c2nc(C(=O)c3cccs3)[nH]c2-c2ccc(OC)cc2)cc1. The molecule has 4 rings (SSSR count). The van der Waals surface area contributed by atoms with Gasteiger partial charge in [-0.25, -0.2) is 4.98 Å². The second-order valence-electron chi connectivity index (χ2n) is 6.07. The van der Waals surface area contributed by atoms with Crippen molar-refractivity contribution in [3.63, 3.8) is 0 Å². The fraction of sp³-hybridized carbons (Fsp3) is 0.0909. The van der Waals surface area contributed by atoms with E-state index in [1.54, 1.807) is 20.3 Å². The van der Waals surface area contributed by atoms with Crippen LogP contribution in [0.3, 0.4) is 0 Å². The number of carbonyl (C=O) groups excluding carboxylic acids is 1. The minimum atomic E-state index is -0.121. The lowest BCUT2D eigenvalue weighted by molar-refractivity contribution is 0.103. The lowest BCUT2D eigenvalue weighted by Crippen LogP contribution is -2.01. The monoisotopic (exact) mass is 390 g/mol. The number of hydrogen-bond donors (Lipinski definition) is 1. The van der Waals surface area contributed by atoms with Gasteiger partial charge >= 0.3 is 0 Å². The number of hydrogen-bond acceptors (Lipinski definition) is 5. The lowest BCUT2D eigenvalue weighted by Gasteiger charge is -2.06. The fourth-order valence-corrected chi connectivity index (χ4v) is 3.59. The normalized spacial score (nSPS) is 10.6. The van der Waals surface area contributed by atoms with Crippen molar-refractivity contribution in [3.8, 4) is 34.0 Å². The molecule has 0 aliphatic carbocycles. The summed E-state index contributed by atoms with van der Waals surface area (Å²) in [6, 6.07) is 18.9. The van der Waals surface area contributed by atoms with Crippen LogP contribution in [0.4, 0.5) is 0 Å². The van der Waals surface area contributed by atoms with Gasteiger partial charge in [0.1, 0.15) is 11.5 Å².